The molecule has 0 unspecified atom stereocenters. The normalized spacial score (nSPS) is 11.8. The number of rotatable bonds is 12. The fourth-order valence-corrected chi connectivity index (χ4v) is 2.49. The Balaban J connectivity index is 1.97. The Kier molecular flexibility index (Phi) is 9.03. The summed E-state index contributed by atoms with van der Waals surface area (Å²) in [7, 11) is 0. The van der Waals surface area contributed by atoms with Crippen LogP contribution in [0, 0.1) is 0 Å². The van der Waals surface area contributed by atoms with Gasteiger partial charge in [0.05, 0.1) is 0 Å². The van der Waals surface area contributed by atoms with Gasteiger partial charge in [0, 0.05) is 24.5 Å². The predicted molar refractivity (Wildman–Crippen MR) is 88.8 cm³/mol. The van der Waals surface area contributed by atoms with E-state index in [4.69, 9.17) is 5.11 Å². The Labute approximate surface area is 132 Å². The van der Waals surface area contributed by atoms with Gasteiger partial charge in [-0.15, -0.1) is 0 Å². The topological polar surface area (TPSA) is 75.1 Å². The number of nitrogens with one attached hydrogen (secondary N) is 1. The maximum Gasteiger partial charge on any atom is 0.329 e. The molecule has 1 heterocycles. The third kappa shape index (κ3) is 7.86. The van der Waals surface area contributed by atoms with Crippen molar-refractivity contribution in [2.45, 2.75) is 71.1 Å². The van der Waals surface area contributed by atoms with Crippen molar-refractivity contribution in [2.75, 3.05) is 0 Å². The van der Waals surface area contributed by atoms with E-state index >= 15 is 0 Å². The highest BCUT2D eigenvalue weighted by molar-refractivity contribution is 5.66. The SMILES string of the molecule is CC(=CCCCCCCCCCCC(=O)O)n1cc[nH]c1=O. The van der Waals surface area contributed by atoms with Crippen LogP contribution in [-0.4, -0.2) is 20.6 Å². The first-order chi connectivity index (χ1) is 10.6. The van der Waals surface area contributed by atoms with Gasteiger partial charge in [-0.05, 0) is 26.2 Å². The number of carboxylic acid groups (broad SMARTS) is 1. The Bertz CT molecular complexity index is 514. The summed E-state index contributed by atoms with van der Waals surface area (Å²) in [5.74, 6) is -0.690. The summed E-state index contributed by atoms with van der Waals surface area (Å²) in [6.07, 6.45) is 15.8. The highest BCUT2D eigenvalue weighted by Gasteiger charge is 1.98. The average molecular weight is 308 g/mol. The lowest BCUT2D eigenvalue weighted by Crippen LogP contribution is -2.13. The summed E-state index contributed by atoms with van der Waals surface area (Å²) >= 11 is 0. The first kappa shape index (κ1) is 18.3. The molecule has 5 heteroatoms. The van der Waals surface area contributed by atoms with Crippen molar-refractivity contribution in [1.82, 2.24) is 9.55 Å². The lowest BCUT2D eigenvalue weighted by molar-refractivity contribution is -0.137. The number of aromatic amines is 1. The number of hydrogen-bond donors (Lipinski definition) is 2. The molecule has 0 atom stereocenters. The molecule has 0 aliphatic carbocycles. The second kappa shape index (κ2) is 10.9. The van der Waals surface area contributed by atoms with E-state index in [0.717, 1.165) is 37.8 Å². The Morgan fingerprint density at radius 3 is 2.27 bits per heavy atom. The Morgan fingerprint density at radius 2 is 1.73 bits per heavy atom. The van der Waals surface area contributed by atoms with Gasteiger partial charge in [0.25, 0.3) is 0 Å². The van der Waals surface area contributed by atoms with E-state index in [0.29, 0.717) is 6.42 Å². The number of nitrogens with zero attached hydrogens (tertiary/aromatic N) is 1. The summed E-state index contributed by atoms with van der Waals surface area (Å²) in [4.78, 5) is 24.4. The Hall–Kier alpha value is -1.78. The fourth-order valence-electron chi connectivity index (χ4n) is 2.49. The van der Waals surface area contributed by atoms with Crippen LogP contribution in [0.25, 0.3) is 5.70 Å². The predicted octanol–water partition coefficient (Wildman–Crippen LogP) is 4.02. The zero-order valence-electron chi connectivity index (χ0n) is 13.5. The van der Waals surface area contributed by atoms with E-state index in [9.17, 15) is 9.59 Å². The second-order valence-corrected chi connectivity index (χ2v) is 5.74. The van der Waals surface area contributed by atoms with Crippen molar-refractivity contribution in [3.8, 4) is 0 Å². The van der Waals surface area contributed by atoms with Crippen LogP contribution in [0.5, 0.6) is 0 Å². The minimum Gasteiger partial charge on any atom is -0.481 e. The molecule has 0 aliphatic rings. The minimum absolute atomic E-state index is 0.0864. The van der Waals surface area contributed by atoms with Crippen molar-refractivity contribution in [1.29, 1.82) is 0 Å². The van der Waals surface area contributed by atoms with Crippen LogP contribution in [0.1, 0.15) is 71.1 Å². The summed E-state index contributed by atoms with van der Waals surface area (Å²) < 4.78 is 1.62. The molecule has 1 aromatic heterocycles. The molecular weight excluding hydrogens is 280 g/mol. The smallest absolute Gasteiger partial charge is 0.329 e. The number of allylic oxidation sites excluding steroid dienone is 2. The maximum absolute atomic E-state index is 11.4. The van der Waals surface area contributed by atoms with Gasteiger partial charge < -0.3 is 10.1 Å². The number of unbranched alkanes of at least 4 members (excludes halogenated alkanes) is 8. The number of hydrogen-bond acceptors (Lipinski definition) is 2. The van der Waals surface area contributed by atoms with E-state index in [1.807, 2.05) is 6.92 Å². The zero-order chi connectivity index (χ0) is 16.2. The minimum atomic E-state index is -0.690. The van der Waals surface area contributed by atoms with Gasteiger partial charge in [0.15, 0.2) is 0 Å². The van der Waals surface area contributed by atoms with E-state index < -0.39 is 5.97 Å². The molecule has 0 saturated heterocycles. The lowest BCUT2D eigenvalue weighted by atomic mass is 10.1. The molecule has 0 spiro atoms. The van der Waals surface area contributed by atoms with E-state index in [1.165, 1.54) is 25.7 Å². The van der Waals surface area contributed by atoms with Crippen LogP contribution in [0.3, 0.4) is 0 Å². The highest BCUT2D eigenvalue weighted by Crippen LogP contribution is 2.11. The average Bonchev–Trinajstić information content (AvgIpc) is 2.90. The number of aromatic nitrogens is 2. The number of aliphatic carboxylic acids is 1. The molecule has 0 saturated carbocycles. The molecule has 5 nitrogen and oxygen atoms in total. The standard InChI is InChI=1S/C17H28N2O3/c1-15(19-14-13-18-17(19)22)11-9-7-5-3-2-4-6-8-10-12-16(20)21/h11,13-14H,2-10,12H2,1H3,(H,18,22)(H,20,21). The van der Waals surface area contributed by atoms with E-state index in [1.54, 1.807) is 17.0 Å². The van der Waals surface area contributed by atoms with Crippen molar-refractivity contribution >= 4 is 11.7 Å². The molecule has 0 radical (unpaired) electrons. The third-order valence-electron chi connectivity index (χ3n) is 3.81. The Morgan fingerprint density at radius 1 is 1.14 bits per heavy atom. The van der Waals surface area contributed by atoms with Crippen LogP contribution in [0.4, 0.5) is 0 Å². The molecule has 0 amide bonds. The molecule has 1 aromatic rings. The highest BCUT2D eigenvalue weighted by atomic mass is 16.4. The molecular formula is C17H28N2O3. The first-order valence-corrected chi connectivity index (χ1v) is 8.26. The first-order valence-electron chi connectivity index (χ1n) is 8.26. The van der Waals surface area contributed by atoms with Gasteiger partial charge in [0.1, 0.15) is 0 Å². The summed E-state index contributed by atoms with van der Waals surface area (Å²) in [6.45, 7) is 1.95. The van der Waals surface area contributed by atoms with Gasteiger partial charge in [-0.2, -0.15) is 0 Å². The number of imidazole rings is 1. The summed E-state index contributed by atoms with van der Waals surface area (Å²) in [5, 5.41) is 8.53. The van der Waals surface area contributed by atoms with E-state index in [2.05, 4.69) is 11.1 Å². The number of carboxylic acids is 1. The van der Waals surface area contributed by atoms with Gasteiger partial charge in [0.2, 0.25) is 0 Å². The number of carbonyl (C=O) groups is 1. The summed E-state index contributed by atoms with van der Waals surface area (Å²) in [5.41, 5.74) is 0.890. The van der Waals surface area contributed by atoms with Crippen molar-refractivity contribution in [3.05, 3.63) is 29.0 Å². The van der Waals surface area contributed by atoms with Crippen LogP contribution in [0.2, 0.25) is 0 Å². The van der Waals surface area contributed by atoms with Crippen LogP contribution in [0.15, 0.2) is 23.3 Å². The molecule has 2 N–H and O–H groups in total. The largest absolute Gasteiger partial charge is 0.481 e. The quantitative estimate of drug-likeness (QED) is 0.573. The lowest BCUT2D eigenvalue weighted by Gasteiger charge is -2.02. The van der Waals surface area contributed by atoms with Crippen LogP contribution >= 0.6 is 0 Å². The number of H-pyrrole nitrogens is 1. The van der Waals surface area contributed by atoms with Crippen LogP contribution in [-0.2, 0) is 4.79 Å². The molecule has 1 rings (SSSR count). The van der Waals surface area contributed by atoms with Crippen LogP contribution < -0.4 is 5.69 Å². The van der Waals surface area contributed by atoms with Crippen molar-refractivity contribution < 1.29 is 9.90 Å². The third-order valence-corrected chi connectivity index (χ3v) is 3.81. The summed E-state index contributed by atoms with van der Waals surface area (Å²) in [6, 6.07) is 0. The molecule has 0 aromatic carbocycles. The van der Waals surface area contributed by atoms with Gasteiger partial charge in [-0.3, -0.25) is 9.36 Å². The van der Waals surface area contributed by atoms with Crippen molar-refractivity contribution in [2.24, 2.45) is 0 Å². The zero-order valence-corrected chi connectivity index (χ0v) is 13.5. The van der Waals surface area contributed by atoms with Gasteiger partial charge in [-0.1, -0.05) is 44.6 Å². The molecule has 0 bridgehead atoms. The maximum atomic E-state index is 11.4. The van der Waals surface area contributed by atoms with Gasteiger partial charge in [-0.25, -0.2) is 4.79 Å². The fraction of sp³-hybridized carbons (Fsp3) is 0.647. The van der Waals surface area contributed by atoms with Crippen molar-refractivity contribution in [3.63, 3.8) is 0 Å². The molecule has 22 heavy (non-hydrogen) atoms. The molecule has 0 fully saturated rings. The monoisotopic (exact) mass is 308 g/mol. The molecule has 0 aliphatic heterocycles. The van der Waals surface area contributed by atoms with Gasteiger partial charge >= 0.3 is 11.7 Å². The second-order valence-electron chi connectivity index (χ2n) is 5.74. The van der Waals surface area contributed by atoms with E-state index in [-0.39, 0.29) is 5.69 Å². The molecule has 124 valence electrons.